The Labute approximate surface area is 165 Å². The van der Waals surface area contributed by atoms with E-state index in [-0.39, 0.29) is 5.89 Å². The molecule has 0 saturated heterocycles. The van der Waals surface area contributed by atoms with E-state index in [0.29, 0.717) is 28.5 Å². The van der Waals surface area contributed by atoms with Crippen molar-refractivity contribution < 1.29 is 13.9 Å². The Morgan fingerprint density at radius 1 is 1.10 bits per heavy atom. The normalized spacial score (nSPS) is 10.7. The summed E-state index contributed by atoms with van der Waals surface area (Å²) in [5.74, 6) is 0.195. The van der Waals surface area contributed by atoms with E-state index in [4.69, 9.17) is 9.15 Å². The number of nitrogens with zero attached hydrogens (tertiary/aromatic N) is 4. The molecule has 0 spiro atoms. The molecule has 9 heteroatoms. The highest BCUT2D eigenvalue weighted by Crippen LogP contribution is 2.32. The Morgan fingerprint density at radius 2 is 1.76 bits per heavy atom. The molecule has 2 heterocycles. The number of amides is 1. The smallest absolute Gasteiger partial charge is 0.410 e. The SMILES string of the molecule is Cc1c(N(C(=O)Oc2ccccc2)c2ccccc2)n[nH]c1-c1nn(C)c(=O)o1. The predicted octanol–water partition coefficient (Wildman–Crippen LogP) is 3.41. The second-order valence-corrected chi connectivity index (χ2v) is 6.20. The van der Waals surface area contributed by atoms with E-state index >= 15 is 0 Å². The topological polar surface area (TPSA) is 106 Å². The third-order valence-electron chi connectivity index (χ3n) is 4.24. The van der Waals surface area contributed by atoms with Gasteiger partial charge in [0.15, 0.2) is 5.82 Å². The average Bonchev–Trinajstić information content (AvgIpc) is 3.26. The molecule has 2 aromatic heterocycles. The van der Waals surface area contributed by atoms with Gasteiger partial charge in [-0.05, 0) is 31.2 Å². The van der Waals surface area contributed by atoms with Crippen LogP contribution in [-0.4, -0.2) is 26.1 Å². The minimum Gasteiger partial charge on any atom is -0.410 e. The van der Waals surface area contributed by atoms with Crippen LogP contribution in [0.1, 0.15) is 5.56 Å². The maximum absolute atomic E-state index is 13.0. The van der Waals surface area contributed by atoms with Crippen molar-refractivity contribution in [3.63, 3.8) is 0 Å². The molecule has 0 saturated carbocycles. The molecule has 0 bridgehead atoms. The Bertz CT molecular complexity index is 1190. The lowest BCUT2D eigenvalue weighted by Gasteiger charge is -2.20. The van der Waals surface area contributed by atoms with Gasteiger partial charge in [-0.3, -0.25) is 5.10 Å². The van der Waals surface area contributed by atoms with Crippen LogP contribution in [0.4, 0.5) is 16.3 Å². The number of aromatic nitrogens is 4. The fourth-order valence-corrected chi connectivity index (χ4v) is 2.79. The van der Waals surface area contributed by atoms with Crippen LogP contribution in [0.5, 0.6) is 5.75 Å². The maximum Gasteiger partial charge on any atom is 0.437 e. The number of aromatic amines is 1. The first kappa shape index (κ1) is 18.2. The molecule has 4 aromatic rings. The summed E-state index contributed by atoms with van der Waals surface area (Å²) >= 11 is 0. The van der Waals surface area contributed by atoms with E-state index in [0.717, 1.165) is 4.68 Å². The second-order valence-electron chi connectivity index (χ2n) is 6.20. The molecule has 0 unspecified atom stereocenters. The molecule has 0 aliphatic rings. The fraction of sp³-hybridized carbons (Fsp3) is 0.100. The van der Waals surface area contributed by atoms with Crippen LogP contribution in [-0.2, 0) is 7.05 Å². The number of ether oxygens (including phenoxy) is 1. The van der Waals surface area contributed by atoms with Crippen molar-refractivity contribution in [1.29, 1.82) is 0 Å². The largest absolute Gasteiger partial charge is 0.437 e. The quantitative estimate of drug-likeness (QED) is 0.571. The highest BCUT2D eigenvalue weighted by Gasteiger charge is 2.27. The number of carbonyl (C=O) groups is 1. The number of hydrogen-bond donors (Lipinski definition) is 1. The zero-order valence-corrected chi connectivity index (χ0v) is 15.7. The minimum atomic E-state index is -0.633. The van der Waals surface area contributed by atoms with Crippen molar-refractivity contribution in [3.05, 3.63) is 76.8 Å². The first-order chi connectivity index (χ1) is 14.0. The second kappa shape index (κ2) is 7.47. The van der Waals surface area contributed by atoms with Crippen molar-refractivity contribution in [2.75, 3.05) is 4.90 Å². The molecular weight excluding hydrogens is 374 g/mol. The summed E-state index contributed by atoms with van der Waals surface area (Å²) in [7, 11) is 1.48. The van der Waals surface area contributed by atoms with Crippen molar-refractivity contribution in [2.45, 2.75) is 6.92 Å². The van der Waals surface area contributed by atoms with Crippen LogP contribution in [0.25, 0.3) is 11.6 Å². The number of rotatable bonds is 4. The van der Waals surface area contributed by atoms with Gasteiger partial charge in [0.1, 0.15) is 11.4 Å². The maximum atomic E-state index is 13.0. The lowest BCUT2D eigenvalue weighted by molar-refractivity contribution is 0.210. The molecule has 0 aliphatic heterocycles. The lowest BCUT2D eigenvalue weighted by Crippen LogP contribution is -2.30. The molecule has 9 nitrogen and oxygen atoms in total. The lowest BCUT2D eigenvalue weighted by atomic mass is 10.2. The molecule has 29 heavy (non-hydrogen) atoms. The van der Waals surface area contributed by atoms with E-state index in [1.165, 1.54) is 11.9 Å². The van der Waals surface area contributed by atoms with Gasteiger partial charge in [-0.15, -0.1) is 5.10 Å². The van der Waals surface area contributed by atoms with Crippen molar-refractivity contribution >= 4 is 17.6 Å². The van der Waals surface area contributed by atoms with Gasteiger partial charge in [-0.25, -0.2) is 14.5 Å². The number of hydrogen-bond acceptors (Lipinski definition) is 6. The van der Waals surface area contributed by atoms with Crippen LogP contribution < -0.4 is 15.4 Å². The van der Waals surface area contributed by atoms with Crippen LogP contribution in [0, 0.1) is 6.92 Å². The Morgan fingerprint density at radius 3 is 2.38 bits per heavy atom. The summed E-state index contributed by atoms with van der Waals surface area (Å²) in [5, 5.41) is 11.1. The number of nitrogens with one attached hydrogen (secondary N) is 1. The number of aryl methyl sites for hydroxylation is 1. The summed E-state index contributed by atoms with van der Waals surface area (Å²) in [4.78, 5) is 26.0. The third kappa shape index (κ3) is 3.53. The van der Waals surface area contributed by atoms with E-state index in [9.17, 15) is 9.59 Å². The van der Waals surface area contributed by atoms with Gasteiger partial charge < -0.3 is 9.15 Å². The molecule has 1 N–H and O–H groups in total. The van der Waals surface area contributed by atoms with Gasteiger partial charge in [0.2, 0.25) is 0 Å². The molecule has 0 radical (unpaired) electrons. The van der Waals surface area contributed by atoms with E-state index < -0.39 is 11.8 Å². The molecule has 0 atom stereocenters. The number of carbonyl (C=O) groups excluding carboxylic acids is 1. The highest BCUT2D eigenvalue weighted by molar-refractivity contribution is 5.97. The first-order valence-electron chi connectivity index (χ1n) is 8.76. The number of benzene rings is 2. The van der Waals surface area contributed by atoms with E-state index in [2.05, 4.69) is 15.3 Å². The first-order valence-corrected chi connectivity index (χ1v) is 8.76. The van der Waals surface area contributed by atoms with Crippen molar-refractivity contribution in [1.82, 2.24) is 20.0 Å². The summed E-state index contributed by atoms with van der Waals surface area (Å²) in [5.41, 5.74) is 1.53. The van der Waals surface area contributed by atoms with E-state index in [1.807, 2.05) is 12.1 Å². The fourth-order valence-electron chi connectivity index (χ4n) is 2.79. The van der Waals surface area contributed by atoms with Gasteiger partial charge in [0, 0.05) is 12.6 Å². The highest BCUT2D eigenvalue weighted by atomic mass is 16.6. The summed E-state index contributed by atoms with van der Waals surface area (Å²) < 4.78 is 11.7. The summed E-state index contributed by atoms with van der Waals surface area (Å²) in [6, 6.07) is 17.7. The molecular formula is C20H17N5O4. The van der Waals surface area contributed by atoms with Crippen LogP contribution in [0.15, 0.2) is 69.9 Å². The Balaban J connectivity index is 1.76. The number of anilines is 2. The van der Waals surface area contributed by atoms with Gasteiger partial charge in [0.25, 0.3) is 5.89 Å². The third-order valence-corrected chi connectivity index (χ3v) is 4.24. The number of H-pyrrole nitrogens is 1. The zero-order chi connectivity index (χ0) is 20.4. The van der Waals surface area contributed by atoms with Crippen molar-refractivity contribution in [2.24, 2.45) is 7.05 Å². The number of para-hydroxylation sites is 2. The molecule has 2 aromatic carbocycles. The summed E-state index contributed by atoms with van der Waals surface area (Å²) in [6.45, 7) is 1.74. The zero-order valence-electron chi connectivity index (χ0n) is 15.7. The molecule has 0 fully saturated rings. The average molecular weight is 391 g/mol. The molecule has 0 aliphatic carbocycles. The van der Waals surface area contributed by atoms with Gasteiger partial charge in [-0.1, -0.05) is 36.4 Å². The van der Waals surface area contributed by atoms with Crippen LogP contribution in [0.3, 0.4) is 0 Å². The van der Waals surface area contributed by atoms with Crippen molar-refractivity contribution in [3.8, 4) is 17.3 Å². The Kier molecular flexibility index (Phi) is 4.70. The van der Waals surface area contributed by atoms with E-state index in [1.54, 1.807) is 55.5 Å². The molecule has 1 amide bonds. The standard InChI is InChI=1S/C20H17N5O4/c1-13-16(18-23-24(2)19(26)29-18)21-22-17(13)25(14-9-5-3-6-10-14)20(27)28-15-11-7-4-8-12-15/h3-12H,1-2H3,(H,21,22). The summed E-state index contributed by atoms with van der Waals surface area (Å²) in [6.07, 6.45) is -0.633. The van der Waals surface area contributed by atoms with Crippen LogP contribution in [0.2, 0.25) is 0 Å². The van der Waals surface area contributed by atoms with Gasteiger partial charge in [-0.2, -0.15) is 9.78 Å². The molecule has 4 rings (SSSR count). The van der Waals surface area contributed by atoms with Gasteiger partial charge >= 0.3 is 11.8 Å². The van der Waals surface area contributed by atoms with Gasteiger partial charge in [0.05, 0.1) is 5.69 Å². The monoisotopic (exact) mass is 391 g/mol. The van der Waals surface area contributed by atoms with Crippen LogP contribution >= 0.6 is 0 Å². The molecule has 146 valence electrons. The minimum absolute atomic E-state index is 0.0817. The predicted molar refractivity (Wildman–Crippen MR) is 105 cm³/mol. The Hall–Kier alpha value is -4.14.